The number of hydrogen-bond donors (Lipinski definition) is 1. The molecule has 0 radical (unpaired) electrons. The van der Waals surface area contributed by atoms with Gasteiger partial charge < -0.3 is 9.41 Å². The van der Waals surface area contributed by atoms with Crippen LogP contribution in [-0.2, 0) is 0 Å². The van der Waals surface area contributed by atoms with Gasteiger partial charge in [-0.1, -0.05) is 42.1 Å². The first-order valence-electron chi connectivity index (χ1n) is 5.05. The Balaban J connectivity index is 3.21. The average molecular weight is 294 g/mol. The molecule has 0 heterocycles. The van der Waals surface area contributed by atoms with E-state index >= 15 is 0 Å². The van der Waals surface area contributed by atoms with Gasteiger partial charge in [0.05, 0.1) is 15.6 Å². The molecule has 0 spiro atoms. The van der Waals surface area contributed by atoms with Crippen molar-refractivity contribution in [2.75, 3.05) is 17.1 Å². The molecule has 0 unspecified atom stereocenters. The third-order valence-corrected chi connectivity index (χ3v) is 3.81. The molecular formula is C11H13Cl2NO2S. The number of hydrogen-bond acceptors (Lipinski definition) is 3. The van der Waals surface area contributed by atoms with Crippen molar-refractivity contribution < 1.29 is 9.90 Å². The second kappa shape index (κ2) is 6.38. The largest absolute Gasteiger partial charge is 0.478 e. The maximum Gasteiger partial charge on any atom is 0.337 e. The topological polar surface area (TPSA) is 40.5 Å². The molecule has 1 aromatic carbocycles. The van der Waals surface area contributed by atoms with Gasteiger partial charge in [-0.15, -0.1) is 0 Å². The molecule has 0 amide bonds. The molecule has 0 bridgehead atoms. The molecule has 3 nitrogen and oxygen atoms in total. The Hall–Kier alpha value is -0.580. The monoisotopic (exact) mass is 293 g/mol. The molecule has 0 fully saturated rings. The number of carboxylic acids is 1. The van der Waals surface area contributed by atoms with Crippen molar-refractivity contribution in [2.45, 2.75) is 13.3 Å². The Morgan fingerprint density at radius 3 is 2.59 bits per heavy atom. The third kappa shape index (κ3) is 3.44. The van der Waals surface area contributed by atoms with Crippen molar-refractivity contribution in [1.29, 1.82) is 0 Å². The Labute approximate surface area is 115 Å². The predicted molar refractivity (Wildman–Crippen MR) is 74.6 cm³/mol. The summed E-state index contributed by atoms with van der Waals surface area (Å²) in [5.41, 5.74) is 0.787. The fourth-order valence-electron chi connectivity index (χ4n) is 1.40. The van der Waals surface area contributed by atoms with Crippen molar-refractivity contribution in [3.8, 4) is 0 Å². The highest BCUT2D eigenvalue weighted by atomic mass is 35.5. The van der Waals surface area contributed by atoms with E-state index in [0.29, 0.717) is 0 Å². The van der Waals surface area contributed by atoms with E-state index < -0.39 is 5.97 Å². The van der Waals surface area contributed by atoms with Gasteiger partial charge in [0.1, 0.15) is 0 Å². The molecule has 0 aliphatic rings. The lowest BCUT2D eigenvalue weighted by molar-refractivity contribution is 0.0697. The molecule has 0 aromatic heterocycles. The summed E-state index contributed by atoms with van der Waals surface area (Å²) >= 11 is 13.3. The first kappa shape index (κ1) is 14.5. The van der Waals surface area contributed by atoms with Gasteiger partial charge in [0.25, 0.3) is 0 Å². The van der Waals surface area contributed by atoms with Gasteiger partial charge in [0.2, 0.25) is 0 Å². The van der Waals surface area contributed by atoms with E-state index in [0.717, 1.165) is 18.7 Å². The van der Waals surface area contributed by atoms with Crippen molar-refractivity contribution in [3.63, 3.8) is 0 Å². The number of nitrogens with zero attached hydrogens (tertiary/aromatic N) is 1. The molecule has 1 rings (SSSR count). The highest BCUT2D eigenvalue weighted by molar-refractivity contribution is 7.99. The zero-order valence-electron chi connectivity index (χ0n) is 9.54. The fraction of sp³-hybridized carbons (Fsp3) is 0.364. The van der Waals surface area contributed by atoms with Crippen LogP contribution in [0.5, 0.6) is 0 Å². The third-order valence-electron chi connectivity index (χ3n) is 2.18. The van der Waals surface area contributed by atoms with Crippen LogP contribution in [0.2, 0.25) is 10.0 Å². The lowest BCUT2D eigenvalue weighted by Crippen LogP contribution is -2.15. The van der Waals surface area contributed by atoms with Crippen molar-refractivity contribution >= 4 is 46.8 Å². The minimum absolute atomic E-state index is 0.0318. The molecule has 0 aliphatic carbocycles. The van der Waals surface area contributed by atoms with Crippen LogP contribution in [0.1, 0.15) is 23.7 Å². The van der Waals surface area contributed by atoms with Gasteiger partial charge in [0.15, 0.2) is 0 Å². The summed E-state index contributed by atoms with van der Waals surface area (Å²) in [6.45, 7) is 2.87. The molecule has 6 heteroatoms. The molecule has 1 N–H and O–H groups in total. The van der Waals surface area contributed by atoms with Gasteiger partial charge in [0, 0.05) is 18.5 Å². The van der Waals surface area contributed by atoms with Crippen molar-refractivity contribution in [3.05, 3.63) is 27.7 Å². The van der Waals surface area contributed by atoms with E-state index in [-0.39, 0.29) is 15.6 Å². The quantitative estimate of drug-likeness (QED) is 0.827. The van der Waals surface area contributed by atoms with Crippen LogP contribution in [0.25, 0.3) is 0 Å². The SMILES string of the molecule is CCCN(SC)c1cc(Cl)c(Cl)c(C(=O)O)c1. The molecule has 0 aliphatic heterocycles. The predicted octanol–water partition coefficient (Wildman–Crippen LogP) is 4.19. The van der Waals surface area contributed by atoms with E-state index in [1.807, 2.05) is 10.6 Å². The van der Waals surface area contributed by atoms with Crippen LogP contribution >= 0.6 is 35.1 Å². The smallest absolute Gasteiger partial charge is 0.337 e. The highest BCUT2D eigenvalue weighted by Crippen LogP contribution is 2.33. The number of benzene rings is 1. The van der Waals surface area contributed by atoms with Gasteiger partial charge >= 0.3 is 5.97 Å². The maximum absolute atomic E-state index is 11.0. The van der Waals surface area contributed by atoms with E-state index in [9.17, 15) is 4.79 Å². The molecule has 0 atom stereocenters. The first-order valence-corrected chi connectivity index (χ1v) is 6.99. The van der Waals surface area contributed by atoms with E-state index in [1.54, 1.807) is 12.1 Å². The molecule has 0 saturated carbocycles. The molecule has 17 heavy (non-hydrogen) atoms. The standard InChI is InChI=1S/C11H13Cl2NO2S/c1-3-4-14(17-2)7-5-8(11(15)16)10(13)9(12)6-7/h5-6H,3-4H2,1-2H3,(H,15,16). The summed E-state index contributed by atoms with van der Waals surface area (Å²) < 4.78 is 1.98. The van der Waals surface area contributed by atoms with Gasteiger partial charge in [-0.05, 0) is 18.6 Å². The van der Waals surface area contributed by atoms with Crippen LogP contribution in [0.15, 0.2) is 12.1 Å². The zero-order valence-corrected chi connectivity index (χ0v) is 11.9. The number of carbonyl (C=O) groups is 1. The minimum Gasteiger partial charge on any atom is -0.478 e. The van der Waals surface area contributed by atoms with Gasteiger partial charge in [-0.2, -0.15) is 0 Å². The Morgan fingerprint density at radius 1 is 1.47 bits per heavy atom. The minimum atomic E-state index is -1.07. The summed E-state index contributed by atoms with van der Waals surface area (Å²) in [7, 11) is 0. The molecule has 0 saturated heterocycles. The number of carboxylic acid groups (broad SMARTS) is 1. The maximum atomic E-state index is 11.0. The van der Waals surface area contributed by atoms with Crippen LogP contribution in [0.3, 0.4) is 0 Å². The molecular weight excluding hydrogens is 281 g/mol. The Morgan fingerprint density at radius 2 is 2.12 bits per heavy atom. The molecule has 1 aromatic rings. The van der Waals surface area contributed by atoms with Crippen LogP contribution in [-0.4, -0.2) is 23.9 Å². The Bertz CT molecular complexity index is 426. The second-order valence-electron chi connectivity index (χ2n) is 3.38. The second-order valence-corrected chi connectivity index (χ2v) is 4.97. The van der Waals surface area contributed by atoms with E-state index in [1.165, 1.54) is 11.9 Å². The van der Waals surface area contributed by atoms with Crippen molar-refractivity contribution in [1.82, 2.24) is 0 Å². The van der Waals surface area contributed by atoms with Gasteiger partial charge in [-0.3, -0.25) is 0 Å². The van der Waals surface area contributed by atoms with Crippen molar-refractivity contribution in [2.24, 2.45) is 0 Å². The average Bonchev–Trinajstić information content (AvgIpc) is 2.29. The Kier molecular flexibility index (Phi) is 5.43. The number of anilines is 1. The summed E-state index contributed by atoms with van der Waals surface area (Å²) in [4.78, 5) is 11.0. The zero-order chi connectivity index (χ0) is 13.0. The van der Waals surface area contributed by atoms with Crippen LogP contribution in [0, 0.1) is 0 Å². The summed E-state index contributed by atoms with van der Waals surface area (Å²) in [6, 6.07) is 3.23. The summed E-state index contributed by atoms with van der Waals surface area (Å²) in [6.07, 6.45) is 2.89. The highest BCUT2D eigenvalue weighted by Gasteiger charge is 2.16. The lowest BCUT2D eigenvalue weighted by atomic mass is 10.2. The summed E-state index contributed by atoms with van der Waals surface area (Å²) in [5, 5.41) is 9.38. The molecule has 94 valence electrons. The number of halogens is 2. The fourth-order valence-corrected chi connectivity index (χ4v) is 2.49. The van der Waals surface area contributed by atoms with Crippen LogP contribution in [0.4, 0.5) is 5.69 Å². The summed E-state index contributed by atoms with van der Waals surface area (Å²) in [5.74, 6) is -1.07. The first-order chi connectivity index (χ1) is 8.01. The number of rotatable bonds is 5. The lowest BCUT2D eigenvalue weighted by Gasteiger charge is -2.21. The van der Waals surface area contributed by atoms with E-state index in [4.69, 9.17) is 28.3 Å². The van der Waals surface area contributed by atoms with Crippen LogP contribution < -0.4 is 4.31 Å². The normalized spacial score (nSPS) is 10.4. The number of aromatic carboxylic acids is 1. The van der Waals surface area contributed by atoms with Gasteiger partial charge in [-0.25, -0.2) is 4.79 Å². The van der Waals surface area contributed by atoms with E-state index in [2.05, 4.69) is 6.92 Å².